The maximum Gasteiger partial charge on any atom is 0.418 e. The van der Waals surface area contributed by atoms with Crippen molar-refractivity contribution in [3.05, 3.63) is 0 Å². The predicted molar refractivity (Wildman–Crippen MR) is 51.0 cm³/mol. The van der Waals surface area contributed by atoms with Gasteiger partial charge < -0.3 is 9.84 Å². The van der Waals surface area contributed by atoms with Gasteiger partial charge in [0.1, 0.15) is 0 Å². The largest absolute Gasteiger partial charge is 0.473 e. The van der Waals surface area contributed by atoms with E-state index < -0.39 is 11.9 Å². The zero-order valence-corrected chi connectivity index (χ0v) is 8.44. The Morgan fingerprint density at radius 2 is 2.00 bits per heavy atom. The first-order valence-electron chi connectivity index (χ1n) is 5.36. The van der Waals surface area contributed by atoms with Crippen LogP contribution in [0.25, 0.3) is 0 Å². The Balaban J connectivity index is 1.93. The van der Waals surface area contributed by atoms with Gasteiger partial charge in [-0.2, -0.15) is 0 Å². The average molecular weight is 213 g/mol. The van der Waals surface area contributed by atoms with Crippen molar-refractivity contribution in [1.82, 2.24) is 5.32 Å². The van der Waals surface area contributed by atoms with Crippen LogP contribution in [-0.2, 0) is 14.3 Å². The Hall–Kier alpha value is -1.10. The number of esters is 1. The fourth-order valence-electron chi connectivity index (χ4n) is 2.60. The van der Waals surface area contributed by atoms with Crippen molar-refractivity contribution in [2.45, 2.75) is 31.9 Å². The Bertz CT molecular complexity index is 279. The number of carboxylic acids is 1. The summed E-state index contributed by atoms with van der Waals surface area (Å²) < 4.78 is 4.89. The molecule has 84 valence electrons. The fraction of sp³-hybridized carbons (Fsp3) is 0.800. The SMILES string of the molecule is O=C(O)C(=O)OC1NCC2CCCCC21. The molecule has 5 heteroatoms. The van der Waals surface area contributed by atoms with Gasteiger partial charge in [0, 0.05) is 12.5 Å². The summed E-state index contributed by atoms with van der Waals surface area (Å²) in [6, 6.07) is 0. The lowest BCUT2D eigenvalue weighted by Gasteiger charge is -2.27. The minimum atomic E-state index is -1.52. The Labute approximate surface area is 87.8 Å². The summed E-state index contributed by atoms with van der Waals surface area (Å²) in [5, 5.41) is 11.5. The Kier molecular flexibility index (Phi) is 2.90. The lowest BCUT2D eigenvalue weighted by molar-refractivity contribution is -0.169. The van der Waals surface area contributed by atoms with Crippen LogP contribution in [0, 0.1) is 11.8 Å². The molecule has 1 saturated carbocycles. The van der Waals surface area contributed by atoms with Crippen LogP contribution in [0.4, 0.5) is 0 Å². The molecule has 2 aliphatic rings. The summed E-state index contributed by atoms with van der Waals surface area (Å²) in [5.41, 5.74) is 0. The highest BCUT2D eigenvalue weighted by Crippen LogP contribution is 2.36. The van der Waals surface area contributed by atoms with Crippen molar-refractivity contribution < 1.29 is 19.4 Å². The van der Waals surface area contributed by atoms with E-state index in [-0.39, 0.29) is 6.23 Å². The molecule has 5 nitrogen and oxygen atoms in total. The van der Waals surface area contributed by atoms with E-state index in [1.165, 1.54) is 6.42 Å². The smallest absolute Gasteiger partial charge is 0.418 e. The van der Waals surface area contributed by atoms with Crippen LogP contribution in [0.5, 0.6) is 0 Å². The van der Waals surface area contributed by atoms with E-state index in [4.69, 9.17) is 9.84 Å². The van der Waals surface area contributed by atoms with Crippen LogP contribution >= 0.6 is 0 Å². The van der Waals surface area contributed by atoms with Crippen molar-refractivity contribution in [2.75, 3.05) is 6.54 Å². The molecule has 0 aromatic rings. The second-order valence-corrected chi connectivity index (χ2v) is 4.25. The van der Waals surface area contributed by atoms with Crippen LogP contribution in [0.15, 0.2) is 0 Å². The third kappa shape index (κ3) is 2.12. The predicted octanol–water partition coefficient (Wildman–Crippen LogP) is 0.350. The minimum Gasteiger partial charge on any atom is -0.473 e. The molecule has 2 fully saturated rings. The lowest BCUT2D eigenvalue weighted by atomic mass is 9.81. The standard InChI is InChI=1S/C10H15NO4/c12-9(13)10(14)15-8-7-4-2-1-3-6(7)5-11-8/h6-8,11H,1-5H2,(H,12,13). The molecule has 1 heterocycles. The quantitative estimate of drug-likeness (QED) is 0.485. The molecule has 0 spiro atoms. The van der Waals surface area contributed by atoms with Crippen molar-refractivity contribution in [3.63, 3.8) is 0 Å². The Morgan fingerprint density at radius 3 is 2.73 bits per heavy atom. The number of ether oxygens (including phenoxy) is 1. The van der Waals surface area contributed by atoms with Crippen molar-refractivity contribution in [3.8, 4) is 0 Å². The molecule has 0 aromatic heterocycles. The van der Waals surface area contributed by atoms with E-state index in [1.807, 2.05) is 0 Å². The van der Waals surface area contributed by atoms with Crippen LogP contribution < -0.4 is 5.32 Å². The third-order valence-electron chi connectivity index (χ3n) is 3.35. The van der Waals surface area contributed by atoms with Crippen LogP contribution in [0.3, 0.4) is 0 Å². The number of nitrogens with one attached hydrogen (secondary N) is 1. The highest BCUT2D eigenvalue weighted by atomic mass is 16.6. The molecular weight excluding hydrogens is 198 g/mol. The molecule has 0 radical (unpaired) electrons. The maximum atomic E-state index is 10.9. The molecule has 3 unspecified atom stereocenters. The second kappa shape index (κ2) is 4.18. The number of hydrogen-bond donors (Lipinski definition) is 2. The minimum absolute atomic E-state index is 0.307. The second-order valence-electron chi connectivity index (χ2n) is 4.25. The van der Waals surface area contributed by atoms with Crippen LogP contribution in [-0.4, -0.2) is 29.8 Å². The first-order valence-corrected chi connectivity index (χ1v) is 5.36. The van der Waals surface area contributed by atoms with Gasteiger partial charge in [0.15, 0.2) is 6.23 Å². The molecule has 1 aliphatic heterocycles. The van der Waals surface area contributed by atoms with Crippen LogP contribution in [0.1, 0.15) is 25.7 Å². The lowest BCUT2D eigenvalue weighted by Crippen LogP contribution is -2.35. The summed E-state index contributed by atoms with van der Waals surface area (Å²) in [4.78, 5) is 21.3. The number of carbonyl (C=O) groups excluding carboxylic acids is 1. The first kappa shape index (κ1) is 10.4. The van der Waals surface area contributed by atoms with Gasteiger partial charge in [-0.1, -0.05) is 12.8 Å². The number of hydrogen-bond acceptors (Lipinski definition) is 4. The Morgan fingerprint density at radius 1 is 1.27 bits per heavy atom. The van der Waals surface area contributed by atoms with Crippen molar-refractivity contribution >= 4 is 11.9 Å². The molecule has 1 saturated heterocycles. The molecule has 2 N–H and O–H groups in total. The van der Waals surface area contributed by atoms with E-state index in [1.54, 1.807) is 0 Å². The van der Waals surface area contributed by atoms with E-state index >= 15 is 0 Å². The zero-order valence-electron chi connectivity index (χ0n) is 8.44. The number of carbonyl (C=O) groups is 2. The first-order chi connectivity index (χ1) is 7.18. The van der Waals surface area contributed by atoms with Gasteiger partial charge in [0.05, 0.1) is 0 Å². The van der Waals surface area contributed by atoms with E-state index in [9.17, 15) is 9.59 Å². The van der Waals surface area contributed by atoms with Gasteiger partial charge >= 0.3 is 11.9 Å². The third-order valence-corrected chi connectivity index (χ3v) is 3.35. The highest BCUT2D eigenvalue weighted by Gasteiger charge is 2.40. The summed E-state index contributed by atoms with van der Waals surface area (Å²) in [6.45, 7) is 0.836. The van der Waals surface area contributed by atoms with Crippen molar-refractivity contribution in [2.24, 2.45) is 11.8 Å². The summed E-state index contributed by atoms with van der Waals surface area (Å²) in [6.07, 6.45) is 4.15. The summed E-state index contributed by atoms with van der Waals surface area (Å²) >= 11 is 0. The molecule has 0 aromatic carbocycles. The van der Waals surface area contributed by atoms with Gasteiger partial charge in [0.25, 0.3) is 0 Å². The van der Waals surface area contributed by atoms with Crippen LogP contribution in [0.2, 0.25) is 0 Å². The highest BCUT2D eigenvalue weighted by molar-refractivity contribution is 6.28. The van der Waals surface area contributed by atoms with Gasteiger partial charge in [-0.25, -0.2) is 9.59 Å². The molecule has 1 aliphatic carbocycles. The number of fused-ring (bicyclic) bond motifs is 1. The molecule has 3 atom stereocenters. The molecular formula is C10H15NO4. The summed E-state index contributed by atoms with van der Waals surface area (Å²) in [7, 11) is 0. The normalized spacial score (nSPS) is 34.5. The molecule has 0 amide bonds. The molecule has 15 heavy (non-hydrogen) atoms. The number of aliphatic carboxylic acids is 1. The van der Waals surface area contributed by atoms with E-state index in [0.29, 0.717) is 11.8 Å². The van der Waals surface area contributed by atoms with Gasteiger partial charge in [0.2, 0.25) is 0 Å². The monoisotopic (exact) mass is 213 g/mol. The molecule has 2 rings (SSSR count). The average Bonchev–Trinajstić information content (AvgIpc) is 2.62. The number of carboxylic acid groups (broad SMARTS) is 1. The topological polar surface area (TPSA) is 75.6 Å². The van der Waals surface area contributed by atoms with Gasteiger partial charge in [-0.05, 0) is 18.8 Å². The van der Waals surface area contributed by atoms with Gasteiger partial charge in [-0.15, -0.1) is 0 Å². The van der Waals surface area contributed by atoms with Gasteiger partial charge in [-0.3, -0.25) is 5.32 Å². The van der Waals surface area contributed by atoms with E-state index in [2.05, 4.69) is 5.32 Å². The number of rotatable bonds is 1. The van der Waals surface area contributed by atoms with Crippen molar-refractivity contribution in [1.29, 1.82) is 0 Å². The fourth-order valence-corrected chi connectivity index (χ4v) is 2.60. The molecule has 0 bridgehead atoms. The van der Waals surface area contributed by atoms with E-state index in [0.717, 1.165) is 25.8 Å². The zero-order chi connectivity index (χ0) is 10.8. The summed E-state index contributed by atoms with van der Waals surface area (Å²) in [5.74, 6) is -1.82. The maximum absolute atomic E-state index is 10.9.